The summed E-state index contributed by atoms with van der Waals surface area (Å²) in [7, 11) is 0. The molecular formula is C8H11N3O2. The summed E-state index contributed by atoms with van der Waals surface area (Å²) >= 11 is 0. The van der Waals surface area contributed by atoms with Crippen molar-refractivity contribution in [2.75, 3.05) is 13.1 Å². The summed E-state index contributed by atoms with van der Waals surface area (Å²) < 4.78 is 4.70. The third-order valence-corrected chi connectivity index (χ3v) is 2.22. The van der Waals surface area contributed by atoms with Gasteiger partial charge in [0, 0.05) is 18.4 Å². The minimum absolute atomic E-state index is 0.0929. The first-order valence-corrected chi connectivity index (χ1v) is 4.44. The van der Waals surface area contributed by atoms with E-state index in [1.54, 1.807) is 4.90 Å². The van der Waals surface area contributed by atoms with Gasteiger partial charge in [0.1, 0.15) is 6.20 Å². The number of hydrogen-bond acceptors (Lipinski definition) is 4. The first kappa shape index (κ1) is 8.22. The second-order valence-electron chi connectivity index (χ2n) is 3.13. The fourth-order valence-corrected chi connectivity index (χ4v) is 1.51. The number of carbonyl (C=O) groups is 1. The van der Waals surface area contributed by atoms with Gasteiger partial charge in [0.2, 0.25) is 5.76 Å². The summed E-state index contributed by atoms with van der Waals surface area (Å²) in [5.74, 6) is 0.145. The molecule has 0 atom stereocenters. The van der Waals surface area contributed by atoms with E-state index in [1.165, 1.54) is 12.6 Å². The van der Waals surface area contributed by atoms with Crippen LogP contribution in [0.3, 0.4) is 0 Å². The van der Waals surface area contributed by atoms with Gasteiger partial charge in [-0.15, -0.1) is 5.10 Å². The van der Waals surface area contributed by atoms with E-state index < -0.39 is 0 Å². The first-order valence-electron chi connectivity index (χ1n) is 4.44. The van der Waals surface area contributed by atoms with Gasteiger partial charge in [-0.2, -0.15) is 0 Å². The van der Waals surface area contributed by atoms with Crippen LogP contribution in [0.2, 0.25) is 0 Å². The smallest absolute Gasteiger partial charge is 0.294 e. The van der Waals surface area contributed by atoms with Crippen LogP contribution in [-0.4, -0.2) is 34.3 Å². The normalized spacial score (nSPS) is 17.4. The molecule has 0 N–H and O–H groups in total. The molecule has 0 aliphatic carbocycles. The maximum absolute atomic E-state index is 11.6. The molecule has 70 valence electrons. The third kappa shape index (κ3) is 1.68. The van der Waals surface area contributed by atoms with Crippen LogP contribution in [0.1, 0.15) is 29.8 Å². The molecule has 1 fully saturated rings. The lowest BCUT2D eigenvalue weighted by Crippen LogP contribution is -2.35. The Labute approximate surface area is 75.7 Å². The van der Waals surface area contributed by atoms with Crippen molar-refractivity contribution in [2.24, 2.45) is 0 Å². The van der Waals surface area contributed by atoms with Gasteiger partial charge in [0.25, 0.3) is 5.91 Å². The van der Waals surface area contributed by atoms with E-state index in [4.69, 9.17) is 4.52 Å². The number of rotatable bonds is 1. The van der Waals surface area contributed by atoms with Gasteiger partial charge in [-0.05, 0) is 19.3 Å². The quantitative estimate of drug-likeness (QED) is 0.639. The fourth-order valence-electron chi connectivity index (χ4n) is 1.51. The van der Waals surface area contributed by atoms with E-state index in [0.717, 1.165) is 25.9 Å². The van der Waals surface area contributed by atoms with Gasteiger partial charge >= 0.3 is 0 Å². The molecule has 0 saturated carbocycles. The van der Waals surface area contributed by atoms with Crippen molar-refractivity contribution in [3.8, 4) is 0 Å². The van der Waals surface area contributed by atoms with Crippen molar-refractivity contribution < 1.29 is 9.32 Å². The monoisotopic (exact) mass is 181 g/mol. The van der Waals surface area contributed by atoms with Gasteiger partial charge in [0.05, 0.1) is 0 Å². The number of aromatic nitrogens is 2. The highest BCUT2D eigenvalue weighted by Crippen LogP contribution is 2.11. The molecule has 2 rings (SSSR count). The Hall–Kier alpha value is -1.39. The number of carbonyl (C=O) groups excluding carboxylic acids is 1. The zero-order chi connectivity index (χ0) is 9.10. The van der Waals surface area contributed by atoms with E-state index in [1.807, 2.05) is 0 Å². The van der Waals surface area contributed by atoms with E-state index in [9.17, 15) is 4.79 Å². The van der Waals surface area contributed by atoms with Crippen LogP contribution in [0.4, 0.5) is 0 Å². The van der Waals surface area contributed by atoms with E-state index in [-0.39, 0.29) is 11.7 Å². The molecule has 1 amide bonds. The van der Waals surface area contributed by atoms with E-state index in [0.29, 0.717) is 0 Å². The maximum atomic E-state index is 11.6. The van der Waals surface area contributed by atoms with Gasteiger partial charge in [0.15, 0.2) is 0 Å². The number of amides is 1. The minimum Gasteiger partial charge on any atom is -0.336 e. The Morgan fingerprint density at radius 3 is 2.77 bits per heavy atom. The van der Waals surface area contributed by atoms with E-state index >= 15 is 0 Å². The second kappa shape index (κ2) is 3.55. The maximum Gasteiger partial charge on any atom is 0.294 e. The first-order chi connectivity index (χ1) is 6.38. The van der Waals surface area contributed by atoms with Crippen molar-refractivity contribution in [1.29, 1.82) is 0 Å². The summed E-state index contributed by atoms with van der Waals surface area (Å²) in [5, 5.41) is 6.74. The van der Waals surface area contributed by atoms with Crippen molar-refractivity contribution in [1.82, 2.24) is 15.3 Å². The molecule has 2 heterocycles. The minimum atomic E-state index is -0.0929. The molecule has 1 aromatic rings. The molecule has 1 aliphatic rings. The average molecular weight is 181 g/mol. The Morgan fingerprint density at radius 1 is 1.38 bits per heavy atom. The SMILES string of the molecule is O=C(c1cnno1)N1CCCCC1. The molecule has 1 aromatic heterocycles. The van der Waals surface area contributed by atoms with Crippen LogP contribution >= 0.6 is 0 Å². The molecule has 0 bridgehead atoms. The molecule has 0 unspecified atom stereocenters. The largest absolute Gasteiger partial charge is 0.336 e. The highest BCUT2D eigenvalue weighted by molar-refractivity contribution is 5.91. The van der Waals surface area contributed by atoms with Crippen LogP contribution in [-0.2, 0) is 0 Å². The van der Waals surface area contributed by atoms with Crippen LogP contribution in [0, 0.1) is 0 Å². The van der Waals surface area contributed by atoms with Gasteiger partial charge in [-0.25, -0.2) is 0 Å². The summed E-state index contributed by atoms with van der Waals surface area (Å²) in [6.45, 7) is 1.64. The van der Waals surface area contributed by atoms with Crippen LogP contribution < -0.4 is 0 Å². The van der Waals surface area contributed by atoms with Crippen molar-refractivity contribution in [2.45, 2.75) is 19.3 Å². The lowest BCUT2D eigenvalue weighted by atomic mass is 10.1. The topological polar surface area (TPSA) is 59.2 Å². The number of likely N-dealkylation sites (tertiary alicyclic amines) is 1. The average Bonchev–Trinajstić information content (AvgIpc) is 2.71. The van der Waals surface area contributed by atoms with Gasteiger partial charge in [-0.3, -0.25) is 4.79 Å². The number of hydrogen-bond donors (Lipinski definition) is 0. The number of nitrogens with zero attached hydrogens (tertiary/aromatic N) is 3. The van der Waals surface area contributed by atoms with Gasteiger partial charge < -0.3 is 9.42 Å². The summed E-state index contributed by atoms with van der Waals surface area (Å²) in [4.78, 5) is 13.4. The molecule has 0 radical (unpaired) electrons. The highest BCUT2D eigenvalue weighted by atomic mass is 16.5. The predicted octanol–water partition coefficient (Wildman–Crippen LogP) is 0.696. The standard InChI is InChI=1S/C8H11N3O2/c12-8(7-6-9-10-13-7)11-4-2-1-3-5-11/h6H,1-5H2. The molecule has 1 saturated heterocycles. The number of piperidine rings is 1. The second-order valence-corrected chi connectivity index (χ2v) is 3.13. The fraction of sp³-hybridized carbons (Fsp3) is 0.625. The Kier molecular flexibility index (Phi) is 2.25. The zero-order valence-electron chi connectivity index (χ0n) is 7.27. The molecule has 13 heavy (non-hydrogen) atoms. The highest BCUT2D eigenvalue weighted by Gasteiger charge is 2.20. The summed E-state index contributed by atoms with van der Waals surface area (Å²) in [6.07, 6.45) is 4.72. The molecular weight excluding hydrogens is 170 g/mol. The Balaban J connectivity index is 2.04. The molecule has 0 spiro atoms. The van der Waals surface area contributed by atoms with Crippen molar-refractivity contribution in [3.05, 3.63) is 12.0 Å². The van der Waals surface area contributed by atoms with Crippen LogP contribution in [0.5, 0.6) is 0 Å². The third-order valence-electron chi connectivity index (χ3n) is 2.22. The van der Waals surface area contributed by atoms with Crippen LogP contribution in [0.25, 0.3) is 0 Å². The molecule has 5 nitrogen and oxygen atoms in total. The lowest BCUT2D eigenvalue weighted by molar-refractivity contribution is 0.0681. The van der Waals surface area contributed by atoms with E-state index in [2.05, 4.69) is 10.4 Å². The molecule has 5 heteroatoms. The lowest BCUT2D eigenvalue weighted by Gasteiger charge is -2.25. The molecule has 1 aliphatic heterocycles. The zero-order valence-corrected chi connectivity index (χ0v) is 7.27. The Bertz CT molecular complexity index is 278. The van der Waals surface area contributed by atoms with Gasteiger partial charge in [-0.1, -0.05) is 0 Å². The Morgan fingerprint density at radius 2 is 2.15 bits per heavy atom. The summed E-state index contributed by atoms with van der Waals surface area (Å²) in [5.41, 5.74) is 0. The van der Waals surface area contributed by atoms with Crippen LogP contribution in [0.15, 0.2) is 10.7 Å². The van der Waals surface area contributed by atoms with Crippen molar-refractivity contribution in [3.63, 3.8) is 0 Å². The summed E-state index contributed by atoms with van der Waals surface area (Å²) in [6, 6.07) is 0. The predicted molar refractivity (Wildman–Crippen MR) is 44.1 cm³/mol. The molecule has 0 aromatic carbocycles. The van der Waals surface area contributed by atoms with Crippen molar-refractivity contribution >= 4 is 5.91 Å².